The van der Waals surface area contributed by atoms with E-state index in [0.29, 0.717) is 0 Å². The Bertz CT molecular complexity index is 358. The van der Waals surface area contributed by atoms with Gasteiger partial charge in [0.05, 0.1) is 6.61 Å². The summed E-state index contributed by atoms with van der Waals surface area (Å²) < 4.78 is 0. The van der Waals surface area contributed by atoms with Crippen LogP contribution in [0.2, 0.25) is 0 Å². The number of nitrogens with two attached hydrogens (primary N) is 1. The molecule has 0 amide bonds. The molecule has 1 fully saturated rings. The van der Waals surface area contributed by atoms with E-state index >= 15 is 0 Å². The molecule has 1 atom stereocenters. The highest BCUT2D eigenvalue weighted by Crippen LogP contribution is 2.17. The van der Waals surface area contributed by atoms with Crippen LogP contribution in [0.5, 0.6) is 0 Å². The standard InChI is InChI=1S/C14H23N3O/c1-16-6-8-17(9-7-16)14-4-2-12(3-5-14)10-13(15)11-18/h2-5,13,18H,6-11,15H2,1H3. The average molecular weight is 249 g/mol. The average Bonchev–Trinajstić information content (AvgIpc) is 2.40. The number of nitrogens with zero attached hydrogens (tertiary/aromatic N) is 2. The summed E-state index contributed by atoms with van der Waals surface area (Å²) >= 11 is 0. The maximum Gasteiger partial charge on any atom is 0.0585 e. The first-order valence-electron chi connectivity index (χ1n) is 6.58. The van der Waals surface area contributed by atoms with Crippen molar-refractivity contribution in [3.8, 4) is 0 Å². The van der Waals surface area contributed by atoms with Gasteiger partial charge in [0.25, 0.3) is 0 Å². The Kier molecular flexibility index (Phi) is 4.58. The maximum atomic E-state index is 8.94. The number of aliphatic hydroxyl groups is 1. The van der Waals surface area contributed by atoms with Crippen molar-refractivity contribution in [3.05, 3.63) is 29.8 Å². The van der Waals surface area contributed by atoms with E-state index < -0.39 is 0 Å². The van der Waals surface area contributed by atoms with Gasteiger partial charge in [0, 0.05) is 37.9 Å². The number of hydrogen-bond acceptors (Lipinski definition) is 4. The molecule has 1 unspecified atom stereocenters. The molecule has 1 heterocycles. The predicted octanol–water partition coefficient (Wildman–Crippen LogP) is 0.301. The Labute approximate surface area is 109 Å². The molecule has 0 bridgehead atoms. The first-order valence-corrected chi connectivity index (χ1v) is 6.58. The van der Waals surface area contributed by atoms with Gasteiger partial charge in [-0.15, -0.1) is 0 Å². The smallest absolute Gasteiger partial charge is 0.0585 e. The third-order valence-electron chi connectivity index (χ3n) is 3.54. The Morgan fingerprint density at radius 3 is 2.33 bits per heavy atom. The van der Waals surface area contributed by atoms with E-state index in [9.17, 15) is 0 Å². The molecule has 1 saturated heterocycles. The van der Waals surface area contributed by atoms with Crippen molar-refractivity contribution in [3.63, 3.8) is 0 Å². The molecule has 1 aliphatic rings. The monoisotopic (exact) mass is 249 g/mol. The van der Waals surface area contributed by atoms with Crippen molar-refractivity contribution in [2.24, 2.45) is 5.73 Å². The molecular formula is C14H23N3O. The molecule has 0 saturated carbocycles. The minimum atomic E-state index is -0.153. The Morgan fingerprint density at radius 2 is 1.78 bits per heavy atom. The van der Waals surface area contributed by atoms with Gasteiger partial charge >= 0.3 is 0 Å². The van der Waals surface area contributed by atoms with Gasteiger partial charge in [-0.3, -0.25) is 0 Å². The first-order chi connectivity index (χ1) is 8.69. The van der Waals surface area contributed by atoms with E-state index in [2.05, 4.69) is 41.1 Å². The molecule has 0 aliphatic carbocycles. The fourth-order valence-electron chi connectivity index (χ4n) is 2.27. The molecule has 1 aliphatic heterocycles. The molecule has 0 radical (unpaired) electrons. The quantitative estimate of drug-likeness (QED) is 0.806. The third kappa shape index (κ3) is 3.45. The normalized spacial score (nSPS) is 18.9. The van der Waals surface area contributed by atoms with Crippen molar-refractivity contribution >= 4 is 5.69 Å². The van der Waals surface area contributed by atoms with E-state index in [1.165, 1.54) is 11.3 Å². The lowest BCUT2D eigenvalue weighted by Crippen LogP contribution is -2.44. The number of aliphatic hydroxyl groups excluding tert-OH is 1. The second-order valence-corrected chi connectivity index (χ2v) is 5.10. The van der Waals surface area contributed by atoms with Gasteiger partial charge in [-0.1, -0.05) is 12.1 Å². The van der Waals surface area contributed by atoms with Crippen molar-refractivity contribution in [1.82, 2.24) is 4.90 Å². The molecule has 1 aromatic rings. The summed E-state index contributed by atoms with van der Waals surface area (Å²) in [7, 11) is 2.16. The van der Waals surface area contributed by atoms with Crippen LogP contribution in [0.15, 0.2) is 24.3 Å². The number of likely N-dealkylation sites (N-methyl/N-ethyl adjacent to an activating group) is 1. The van der Waals surface area contributed by atoms with E-state index in [1.807, 2.05) is 0 Å². The molecule has 1 aromatic carbocycles. The summed E-state index contributed by atoms with van der Waals surface area (Å²) in [6.07, 6.45) is 0.736. The van der Waals surface area contributed by atoms with Crippen LogP contribution in [0.4, 0.5) is 5.69 Å². The SMILES string of the molecule is CN1CCN(c2ccc(CC(N)CO)cc2)CC1. The van der Waals surface area contributed by atoms with E-state index in [4.69, 9.17) is 10.8 Å². The predicted molar refractivity (Wildman–Crippen MR) is 74.9 cm³/mol. The van der Waals surface area contributed by atoms with Crippen molar-refractivity contribution < 1.29 is 5.11 Å². The molecule has 4 heteroatoms. The van der Waals surface area contributed by atoms with Crippen LogP contribution < -0.4 is 10.6 Å². The molecule has 3 N–H and O–H groups in total. The van der Waals surface area contributed by atoms with Crippen LogP contribution >= 0.6 is 0 Å². The van der Waals surface area contributed by atoms with Crippen molar-refractivity contribution in [2.45, 2.75) is 12.5 Å². The van der Waals surface area contributed by atoms with Gasteiger partial charge in [0.15, 0.2) is 0 Å². The summed E-state index contributed by atoms with van der Waals surface area (Å²) in [6.45, 7) is 4.46. The molecular weight excluding hydrogens is 226 g/mol. The lowest BCUT2D eigenvalue weighted by Gasteiger charge is -2.34. The van der Waals surface area contributed by atoms with E-state index in [1.54, 1.807) is 0 Å². The number of benzene rings is 1. The molecule has 18 heavy (non-hydrogen) atoms. The zero-order valence-electron chi connectivity index (χ0n) is 11.0. The van der Waals surface area contributed by atoms with Crippen LogP contribution in [-0.2, 0) is 6.42 Å². The lowest BCUT2D eigenvalue weighted by molar-refractivity contribution is 0.265. The van der Waals surface area contributed by atoms with Crippen LogP contribution in [0.1, 0.15) is 5.56 Å². The number of piperazine rings is 1. The highest BCUT2D eigenvalue weighted by atomic mass is 16.3. The van der Waals surface area contributed by atoms with Gasteiger partial charge < -0.3 is 20.6 Å². The second-order valence-electron chi connectivity index (χ2n) is 5.10. The Morgan fingerprint density at radius 1 is 1.17 bits per heavy atom. The van der Waals surface area contributed by atoms with Gasteiger partial charge in [0.2, 0.25) is 0 Å². The zero-order chi connectivity index (χ0) is 13.0. The first kappa shape index (κ1) is 13.3. The Hall–Kier alpha value is -1.10. The highest BCUT2D eigenvalue weighted by Gasteiger charge is 2.14. The van der Waals surface area contributed by atoms with Crippen molar-refractivity contribution in [1.29, 1.82) is 0 Å². The third-order valence-corrected chi connectivity index (χ3v) is 3.54. The molecule has 0 aromatic heterocycles. The fourth-order valence-corrected chi connectivity index (χ4v) is 2.27. The van der Waals surface area contributed by atoms with Crippen LogP contribution in [0, 0.1) is 0 Å². The number of rotatable bonds is 4. The summed E-state index contributed by atoms with van der Waals surface area (Å²) in [6, 6.07) is 8.39. The van der Waals surface area contributed by atoms with Crippen LogP contribution in [-0.4, -0.2) is 55.9 Å². The minimum absolute atomic E-state index is 0.0419. The lowest BCUT2D eigenvalue weighted by atomic mass is 10.1. The number of hydrogen-bond donors (Lipinski definition) is 2. The summed E-state index contributed by atoms with van der Waals surface area (Å²) in [5, 5.41) is 8.94. The molecule has 2 rings (SSSR count). The van der Waals surface area contributed by atoms with Gasteiger partial charge in [-0.2, -0.15) is 0 Å². The Balaban J connectivity index is 1.95. The van der Waals surface area contributed by atoms with Crippen molar-refractivity contribution in [2.75, 3.05) is 44.7 Å². The van der Waals surface area contributed by atoms with Crippen LogP contribution in [0.25, 0.3) is 0 Å². The highest BCUT2D eigenvalue weighted by molar-refractivity contribution is 5.48. The van der Waals surface area contributed by atoms with Crippen LogP contribution in [0.3, 0.4) is 0 Å². The van der Waals surface area contributed by atoms with Gasteiger partial charge in [0.1, 0.15) is 0 Å². The van der Waals surface area contributed by atoms with Gasteiger partial charge in [-0.25, -0.2) is 0 Å². The summed E-state index contributed by atoms with van der Waals surface area (Å²) in [4.78, 5) is 4.76. The minimum Gasteiger partial charge on any atom is -0.395 e. The molecule has 100 valence electrons. The fraction of sp³-hybridized carbons (Fsp3) is 0.571. The summed E-state index contributed by atoms with van der Waals surface area (Å²) in [5.41, 5.74) is 8.21. The van der Waals surface area contributed by atoms with E-state index in [-0.39, 0.29) is 12.6 Å². The summed E-state index contributed by atoms with van der Waals surface area (Å²) in [5.74, 6) is 0. The molecule has 4 nitrogen and oxygen atoms in total. The number of anilines is 1. The van der Waals surface area contributed by atoms with E-state index in [0.717, 1.165) is 32.6 Å². The topological polar surface area (TPSA) is 52.7 Å². The zero-order valence-corrected chi connectivity index (χ0v) is 11.0. The maximum absolute atomic E-state index is 8.94. The molecule has 0 spiro atoms. The largest absolute Gasteiger partial charge is 0.395 e. The van der Waals surface area contributed by atoms with Gasteiger partial charge in [-0.05, 0) is 31.2 Å². The second kappa shape index (κ2) is 6.18.